The standard InChI is InChI=1S/C18H23N5O2S/c1-11(16(25)22-8-7-18(3,4)10-22)12(2)23(19-5)17-20-13-6-9-26-14(13)15(24)21-17/h6,9H,5,7-8,10H2,1-4H3,(H,20,21,24)/b12-11+. The summed E-state index contributed by atoms with van der Waals surface area (Å²) in [6, 6.07) is 1.78. The van der Waals surface area contributed by atoms with Crippen molar-refractivity contribution >= 4 is 40.1 Å². The number of nitrogens with one attached hydrogen (secondary N) is 1. The van der Waals surface area contributed by atoms with E-state index in [1.54, 1.807) is 19.9 Å². The Bertz CT molecular complexity index is 956. The number of nitrogens with zero attached hydrogens (tertiary/aromatic N) is 4. The van der Waals surface area contributed by atoms with Crippen LogP contribution >= 0.6 is 11.3 Å². The lowest BCUT2D eigenvalue weighted by molar-refractivity contribution is -0.126. The number of hydrogen-bond acceptors (Lipinski definition) is 6. The Morgan fingerprint density at radius 1 is 1.46 bits per heavy atom. The summed E-state index contributed by atoms with van der Waals surface area (Å²) in [5.41, 5.74) is 1.65. The minimum atomic E-state index is -0.230. The van der Waals surface area contributed by atoms with E-state index in [0.717, 1.165) is 19.5 Å². The van der Waals surface area contributed by atoms with Crippen molar-refractivity contribution in [3.05, 3.63) is 33.1 Å². The molecule has 0 aromatic carbocycles. The molecule has 0 aliphatic carbocycles. The van der Waals surface area contributed by atoms with Crippen molar-refractivity contribution in [3.8, 4) is 0 Å². The highest BCUT2D eigenvalue weighted by Crippen LogP contribution is 2.30. The molecule has 1 fully saturated rings. The lowest BCUT2D eigenvalue weighted by atomic mass is 9.93. The number of anilines is 1. The van der Waals surface area contributed by atoms with Gasteiger partial charge in [0.15, 0.2) is 0 Å². The van der Waals surface area contributed by atoms with Crippen LogP contribution in [0.2, 0.25) is 0 Å². The van der Waals surface area contributed by atoms with E-state index in [1.807, 2.05) is 10.3 Å². The molecule has 0 unspecified atom stereocenters. The summed E-state index contributed by atoms with van der Waals surface area (Å²) in [7, 11) is 0. The van der Waals surface area contributed by atoms with Crippen LogP contribution in [0.1, 0.15) is 34.1 Å². The molecule has 0 bridgehead atoms. The van der Waals surface area contributed by atoms with Crippen LogP contribution in [0.25, 0.3) is 10.2 Å². The van der Waals surface area contributed by atoms with E-state index in [-0.39, 0.29) is 22.8 Å². The van der Waals surface area contributed by atoms with Gasteiger partial charge in [0.1, 0.15) is 4.70 Å². The fourth-order valence-electron chi connectivity index (χ4n) is 3.13. The number of hydrazone groups is 1. The number of amides is 1. The van der Waals surface area contributed by atoms with Crippen LogP contribution in [-0.2, 0) is 4.79 Å². The van der Waals surface area contributed by atoms with Crippen LogP contribution in [0.5, 0.6) is 0 Å². The van der Waals surface area contributed by atoms with E-state index in [2.05, 4.69) is 35.6 Å². The second-order valence-corrected chi connectivity index (χ2v) is 8.25. The van der Waals surface area contributed by atoms with Crippen molar-refractivity contribution in [3.63, 3.8) is 0 Å². The number of likely N-dealkylation sites (tertiary alicyclic amines) is 1. The first-order chi connectivity index (χ1) is 12.2. The molecule has 3 rings (SSSR count). The number of H-pyrrole nitrogens is 1. The maximum atomic E-state index is 12.9. The Kier molecular flexibility index (Phi) is 4.70. The SMILES string of the molecule is C=NN(/C(C)=C(\C)C(=O)N1CCC(C)(C)C1)c1nc2ccsc2c(=O)[nH]1. The van der Waals surface area contributed by atoms with Crippen LogP contribution in [0, 0.1) is 5.41 Å². The number of carbonyl (C=O) groups is 1. The molecule has 1 N–H and O–H groups in total. The zero-order valence-corrected chi connectivity index (χ0v) is 16.3. The number of rotatable bonds is 4. The Morgan fingerprint density at radius 3 is 2.81 bits per heavy atom. The van der Waals surface area contributed by atoms with E-state index >= 15 is 0 Å². The average molecular weight is 373 g/mol. The van der Waals surface area contributed by atoms with Gasteiger partial charge in [-0.3, -0.25) is 14.6 Å². The predicted molar refractivity (Wildman–Crippen MR) is 106 cm³/mol. The molecule has 1 saturated heterocycles. The van der Waals surface area contributed by atoms with Crippen molar-refractivity contribution in [2.75, 3.05) is 18.1 Å². The zero-order valence-electron chi connectivity index (χ0n) is 15.5. The summed E-state index contributed by atoms with van der Waals surface area (Å²) < 4.78 is 0.562. The van der Waals surface area contributed by atoms with Gasteiger partial charge in [-0.1, -0.05) is 13.8 Å². The van der Waals surface area contributed by atoms with Gasteiger partial charge < -0.3 is 4.90 Å². The van der Waals surface area contributed by atoms with Gasteiger partial charge in [0.05, 0.1) is 11.2 Å². The van der Waals surface area contributed by atoms with Crippen LogP contribution in [0.15, 0.2) is 32.6 Å². The highest BCUT2D eigenvalue weighted by molar-refractivity contribution is 7.17. The maximum Gasteiger partial charge on any atom is 0.270 e. The molecular weight excluding hydrogens is 350 g/mol. The van der Waals surface area contributed by atoms with Crippen LogP contribution in [-0.4, -0.2) is 40.6 Å². The van der Waals surface area contributed by atoms with Gasteiger partial charge in [-0.15, -0.1) is 11.3 Å². The minimum Gasteiger partial charge on any atom is -0.338 e. The normalized spacial score (nSPS) is 17.3. The zero-order chi connectivity index (χ0) is 19.1. The monoisotopic (exact) mass is 373 g/mol. The summed E-state index contributed by atoms with van der Waals surface area (Å²) in [6.45, 7) is 12.9. The van der Waals surface area contributed by atoms with Crippen molar-refractivity contribution in [2.45, 2.75) is 34.1 Å². The Hall–Kier alpha value is -2.48. The summed E-state index contributed by atoms with van der Waals surface area (Å²) in [6.07, 6.45) is 0.984. The maximum absolute atomic E-state index is 12.9. The predicted octanol–water partition coefficient (Wildman–Crippen LogP) is 2.96. The van der Waals surface area contributed by atoms with Crippen molar-refractivity contribution in [1.29, 1.82) is 0 Å². The second kappa shape index (κ2) is 6.68. The molecule has 0 spiro atoms. The smallest absolute Gasteiger partial charge is 0.270 e. The highest BCUT2D eigenvalue weighted by Gasteiger charge is 2.33. The molecule has 0 radical (unpaired) electrons. The third-order valence-electron chi connectivity index (χ3n) is 4.79. The Morgan fingerprint density at radius 2 is 2.19 bits per heavy atom. The number of aromatic amines is 1. The molecule has 0 atom stereocenters. The van der Waals surface area contributed by atoms with E-state index in [9.17, 15) is 9.59 Å². The molecule has 0 saturated carbocycles. The molecular formula is C18H23N5O2S. The first-order valence-electron chi connectivity index (χ1n) is 8.44. The summed E-state index contributed by atoms with van der Waals surface area (Å²) in [5, 5.41) is 7.20. The molecule has 26 heavy (non-hydrogen) atoms. The van der Waals surface area contributed by atoms with Gasteiger partial charge >= 0.3 is 0 Å². The lowest BCUT2D eigenvalue weighted by Gasteiger charge is -2.23. The van der Waals surface area contributed by atoms with Gasteiger partial charge in [-0.2, -0.15) is 5.10 Å². The molecule has 2 aromatic heterocycles. The third-order valence-corrected chi connectivity index (χ3v) is 5.69. The Labute approximate surface area is 156 Å². The molecule has 3 heterocycles. The lowest BCUT2D eigenvalue weighted by Crippen LogP contribution is -2.32. The number of aromatic nitrogens is 2. The first-order valence-corrected chi connectivity index (χ1v) is 9.32. The quantitative estimate of drug-likeness (QED) is 0.507. The third kappa shape index (κ3) is 3.29. The second-order valence-electron chi connectivity index (χ2n) is 7.33. The topological polar surface area (TPSA) is 81.7 Å². The number of fused-ring (bicyclic) bond motifs is 1. The van der Waals surface area contributed by atoms with Gasteiger partial charge in [-0.05, 0) is 37.1 Å². The van der Waals surface area contributed by atoms with Gasteiger partial charge in [0.2, 0.25) is 5.95 Å². The van der Waals surface area contributed by atoms with Crippen LogP contribution < -0.4 is 10.6 Å². The Balaban J connectivity index is 1.95. The van der Waals surface area contributed by atoms with Crippen molar-refractivity contribution in [2.24, 2.45) is 10.5 Å². The van der Waals surface area contributed by atoms with Gasteiger partial charge in [0.25, 0.3) is 11.5 Å². The molecule has 1 aliphatic rings. The summed E-state index contributed by atoms with van der Waals surface area (Å²) >= 11 is 1.33. The fraction of sp³-hybridized carbons (Fsp3) is 0.444. The summed E-state index contributed by atoms with van der Waals surface area (Å²) in [5.74, 6) is 0.225. The minimum absolute atomic E-state index is 0.0271. The van der Waals surface area contributed by atoms with Crippen LogP contribution in [0.4, 0.5) is 5.95 Å². The molecule has 8 heteroatoms. The number of allylic oxidation sites excluding steroid dienone is 1. The number of thiophene rings is 1. The molecule has 1 amide bonds. The molecule has 1 aliphatic heterocycles. The van der Waals surface area contributed by atoms with Crippen molar-refractivity contribution in [1.82, 2.24) is 14.9 Å². The molecule has 2 aromatic rings. The molecule has 7 nitrogen and oxygen atoms in total. The number of hydrogen-bond donors (Lipinski definition) is 1. The van der Waals surface area contributed by atoms with Crippen molar-refractivity contribution < 1.29 is 4.79 Å². The molecule has 138 valence electrons. The van der Waals surface area contributed by atoms with E-state index in [0.29, 0.717) is 21.5 Å². The number of carbonyl (C=O) groups excluding carboxylic acids is 1. The summed E-state index contributed by atoms with van der Waals surface area (Å²) in [4.78, 5) is 34.1. The van der Waals surface area contributed by atoms with E-state index in [1.165, 1.54) is 16.3 Å². The van der Waals surface area contributed by atoms with Gasteiger partial charge in [0, 0.05) is 25.4 Å². The average Bonchev–Trinajstić information content (AvgIpc) is 3.20. The van der Waals surface area contributed by atoms with Crippen LogP contribution in [0.3, 0.4) is 0 Å². The van der Waals surface area contributed by atoms with E-state index in [4.69, 9.17) is 0 Å². The largest absolute Gasteiger partial charge is 0.338 e. The first kappa shape index (κ1) is 18.3. The fourth-order valence-corrected chi connectivity index (χ4v) is 3.86. The van der Waals surface area contributed by atoms with E-state index < -0.39 is 0 Å². The van der Waals surface area contributed by atoms with Gasteiger partial charge in [-0.25, -0.2) is 9.99 Å². The highest BCUT2D eigenvalue weighted by atomic mass is 32.1.